The van der Waals surface area contributed by atoms with Gasteiger partial charge < -0.3 is 14.8 Å². The van der Waals surface area contributed by atoms with Gasteiger partial charge in [0.25, 0.3) is 5.43 Å². The van der Waals surface area contributed by atoms with Crippen LogP contribution in [0.2, 0.25) is 5.02 Å². The standard InChI is InChI=1S/C18H14ClNO4/c1-23-12-7-8-13(14(9-12)24-2)20-16-15(17(21)18(16)22)10-3-5-11(19)6-4-10/h3-9,20H,1-2H3. The minimum absolute atomic E-state index is 0.241. The molecule has 0 spiro atoms. The van der Waals surface area contributed by atoms with Crippen LogP contribution < -0.4 is 25.6 Å². The fraction of sp³-hybridized carbons (Fsp3) is 0.111. The molecular weight excluding hydrogens is 330 g/mol. The van der Waals surface area contributed by atoms with E-state index in [1.165, 1.54) is 7.11 Å². The highest BCUT2D eigenvalue weighted by Gasteiger charge is 2.23. The number of anilines is 2. The van der Waals surface area contributed by atoms with E-state index < -0.39 is 10.9 Å². The Morgan fingerprint density at radius 3 is 2.25 bits per heavy atom. The number of nitrogens with one attached hydrogen (secondary N) is 1. The van der Waals surface area contributed by atoms with E-state index in [1.54, 1.807) is 49.6 Å². The smallest absolute Gasteiger partial charge is 0.250 e. The van der Waals surface area contributed by atoms with Crippen molar-refractivity contribution < 1.29 is 9.47 Å². The maximum atomic E-state index is 12.0. The number of hydrogen-bond acceptors (Lipinski definition) is 5. The van der Waals surface area contributed by atoms with E-state index in [4.69, 9.17) is 21.1 Å². The molecule has 0 amide bonds. The molecule has 0 heterocycles. The van der Waals surface area contributed by atoms with Crippen LogP contribution >= 0.6 is 11.6 Å². The minimum atomic E-state index is -0.558. The van der Waals surface area contributed by atoms with Gasteiger partial charge in [0.1, 0.15) is 17.2 Å². The van der Waals surface area contributed by atoms with E-state index in [1.807, 2.05) is 0 Å². The molecule has 0 unspecified atom stereocenters. The number of methoxy groups -OCH3 is 2. The van der Waals surface area contributed by atoms with Crippen LogP contribution in [0.25, 0.3) is 11.1 Å². The van der Waals surface area contributed by atoms with Crippen molar-refractivity contribution in [2.45, 2.75) is 0 Å². The summed E-state index contributed by atoms with van der Waals surface area (Å²) in [5, 5.41) is 3.55. The topological polar surface area (TPSA) is 64.6 Å². The highest BCUT2D eigenvalue weighted by molar-refractivity contribution is 6.30. The summed E-state index contributed by atoms with van der Waals surface area (Å²) < 4.78 is 10.4. The van der Waals surface area contributed by atoms with E-state index in [2.05, 4.69) is 5.32 Å². The molecule has 0 bridgehead atoms. The molecule has 3 aromatic rings. The van der Waals surface area contributed by atoms with Gasteiger partial charge in [-0.15, -0.1) is 0 Å². The quantitative estimate of drug-likeness (QED) is 0.720. The minimum Gasteiger partial charge on any atom is -0.497 e. The zero-order valence-electron chi connectivity index (χ0n) is 13.1. The van der Waals surface area contributed by atoms with Crippen molar-refractivity contribution in [3.8, 4) is 22.6 Å². The third-order valence-corrected chi connectivity index (χ3v) is 3.96. The van der Waals surface area contributed by atoms with Crippen molar-refractivity contribution in [1.29, 1.82) is 0 Å². The first-order valence-electron chi connectivity index (χ1n) is 7.13. The molecule has 0 fully saturated rings. The largest absolute Gasteiger partial charge is 0.497 e. The number of halogens is 1. The van der Waals surface area contributed by atoms with E-state index in [0.29, 0.717) is 33.3 Å². The van der Waals surface area contributed by atoms with Crippen LogP contribution in [0.4, 0.5) is 11.4 Å². The second kappa shape index (κ2) is 6.37. The highest BCUT2D eigenvalue weighted by atomic mass is 35.5. The summed E-state index contributed by atoms with van der Waals surface area (Å²) in [4.78, 5) is 23.9. The normalized spacial score (nSPS) is 10.6. The predicted molar refractivity (Wildman–Crippen MR) is 94.6 cm³/mol. The van der Waals surface area contributed by atoms with Crippen LogP contribution in [-0.4, -0.2) is 14.2 Å². The molecule has 122 valence electrons. The summed E-state index contributed by atoms with van der Waals surface area (Å²) in [6.45, 7) is 0. The Morgan fingerprint density at radius 1 is 0.917 bits per heavy atom. The molecule has 6 heteroatoms. The zero-order chi connectivity index (χ0) is 17.3. The van der Waals surface area contributed by atoms with E-state index in [-0.39, 0.29) is 5.69 Å². The number of benzene rings is 2. The molecule has 0 aliphatic rings. The average Bonchev–Trinajstić information content (AvgIpc) is 2.62. The molecule has 0 aliphatic heterocycles. The van der Waals surface area contributed by atoms with Gasteiger partial charge in [-0.1, -0.05) is 23.7 Å². The lowest BCUT2D eigenvalue weighted by atomic mass is 9.98. The molecule has 3 aromatic carbocycles. The van der Waals surface area contributed by atoms with Gasteiger partial charge in [0.05, 0.1) is 25.5 Å². The zero-order valence-corrected chi connectivity index (χ0v) is 13.8. The van der Waals surface area contributed by atoms with E-state index in [9.17, 15) is 9.59 Å². The van der Waals surface area contributed by atoms with Crippen LogP contribution in [0.3, 0.4) is 0 Å². The third kappa shape index (κ3) is 2.74. The summed E-state index contributed by atoms with van der Waals surface area (Å²) in [7, 11) is 3.07. The SMILES string of the molecule is COc1ccc(Nc2c(-c3ccc(Cl)cc3)c(=O)c2=O)c(OC)c1. The van der Waals surface area contributed by atoms with Gasteiger partial charge in [0.15, 0.2) is 0 Å². The summed E-state index contributed by atoms with van der Waals surface area (Å²) >= 11 is 5.86. The second-order valence-corrected chi connectivity index (χ2v) is 5.54. The lowest BCUT2D eigenvalue weighted by Crippen LogP contribution is -2.35. The first-order chi connectivity index (χ1) is 11.5. The van der Waals surface area contributed by atoms with E-state index in [0.717, 1.165) is 0 Å². The first kappa shape index (κ1) is 16.1. The lowest BCUT2D eigenvalue weighted by Gasteiger charge is -2.16. The summed E-state index contributed by atoms with van der Waals surface area (Å²) in [5.74, 6) is 1.13. The average molecular weight is 344 g/mol. The number of ether oxygens (including phenoxy) is 2. The molecule has 5 nitrogen and oxygen atoms in total. The van der Waals surface area contributed by atoms with Gasteiger partial charge in [-0.05, 0) is 29.8 Å². The van der Waals surface area contributed by atoms with Gasteiger partial charge in [-0.25, -0.2) is 0 Å². The molecule has 0 atom stereocenters. The van der Waals surface area contributed by atoms with Crippen LogP contribution in [0.5, 0.6) is 11.5 Å². The Kier molecular flexibility index (Phi) is 4.27. The van der Waals surface area contributed by atoms with Gasteiger partial charge in [-0.2, -0.15) is 0 Å². The third-order valence-electron chi connectivity index (χ3n) is 3.71. The second-order valence-electron chi connectivity index (χ2n) is 5.11. The van der Waals surface area contributed by atoms with Gasteiger partial charge in [-0.3, -0.25) is 9.59 Å². The summed E-state index contributed by atoms with van der Waals surface area (Å²) in [6, 6.07) is 11.9. The fourth-order valence-corrected chi connectivity index (χ4v) is 2.57. The van der Waals surface area contributed by atoms with Crippen molar-refractivity contribution in [3.05, 3.63) is 67.9 Å². The Hall–Kier alpha value is -2.79. The van der Waals surface area contributed by atoms with Gasteiger partial charge in [0.2, 0.25) is 5.43 Å². The molecule has 24 heavy (non-hydrogen) atoms. The van der Waals surface area contributed by atoms with Crippen LogP contribution in [0.1, 0.15) is 0 Å². The summed E-state index contributed by atoms with van der Waals surface area (Å²) in [6.07, 6.45) is 0. The molecule has 0 radical (unpaired) electrons. The van der Waals surface area contributed by atoms with Crippen LogP contribution in [-0.2, 0) is 0 Å². The monoisotopic (exact) mass is 343 g/mol. The maximum absolute atomic E-state index is 12.0. The van der Waals surface area contributed by atoms with Crippen molar-refractivity contribution in [3.63, 3.8) is 0 Å². The van der Waals surface area contributed by atoms with Gasteiger partial charge in [0, 0.05) is 11.1 Å². The molecule has 0 saturated heterocycles. The van der Waals surface area contributed by atoms with E-state index >= 15 is 0 Å². The molecule has 1 N–H and O–H groups in total. The Bertz CT molecular complexity index is 956. The molecule has 0 aliphatic carbocycles. The summed E-state index contributed by atoms with van der Waals surface area (Å²) in [5.41, 5.74) is 0.713. The Morgan fingerprint density at radius 2 is 1.62 bits per heavy atom. The fourth-order valence-electron chi connectivity index (χ4n) is 2.44. The number of rotatable bonds is 5. The first-order valence-corrected chi connectivity index (χ1v) is 7.51. The molecular formula is C18H14ClNO4. The molecule has 3 rings (SSSR count). The Balaban J connectivity index is 2.01. The van der Waals surface area contributed by atoms with Crippen molar-refractivity contribution >= 4 is 23.0 Å². The van der Waals surface area contributed by atoms with Crippen LogP contribution in [0.15, 0.2) is 52.1 Å². The van der Waals surface area contributed by atoms with Gasteiger partial charge >= 0.3 is 0 Å². The van der Waals surface area contributed by atoms with Crippen molar-refractivity contribution in [1.82, 2.24) is 0 Å². The predicted octanol–water partition coefficient (Wildman–Crippen LogP) is 3.36. The van der Waals surface area contributed by atoms with Crippen molar-refractivity contribution in [2.75, 3.05) is 19.5 Å². The number of hydrogen-bond donors (Lipinski definition) is 1. The highest BCUT2D eigenvalue weighted by Crippen LogP contribution is 2.33. The maximum Gasteiger partial charge on any atom is 0.250 e. The molecule has 0 saturated carbocycles. The van der Waals surface area contributed by atoms with Crippen LogP contribution in [0, 0.1) is 0 Å². The molecule has 0 aromatic heterocycles. The van der Waals surface area contributed by atoms with Crippen molar-refractivity contribution in [2.24, 2.45) is 0 Å². The lowest BCUT2D eigenvalue weighted by molar-refractivity contribution is 0.395. The Labute approximate surface area is 143 Å².